The molecule has 0 aliphatic carbocycles. The van der Waals surface area contributed by atoms with E-state index in [9.17, 15) is 8.42 Å². The smallest absolute Gasteiger partial charge is 0.390 e. The second kappa shape index (κ2) is 3.32. The van der Waals surface area contributed by atoms with E-state index in [0.29, 0.717) is 0 Å². The van der Waals surface area contributed by atoms with Crippen molar-refractivity contribution >= 4 is 19.2 Å². The molecular weight excluding hydrogens is 155 g/mol. The average molecular weight is 160 g/mol. The van der Waals surface area contributed by atoms with Crippen LogP contribution < -0.4 is 0 Å². The predicted molar refractivity (Wildman–Crippen MR) is 28.0 cm³/mol. The fourth-order valence-corrected chi connectivity index (χ4v) is 0.907. The average Bonchev–Trinajstić information content (AvgIpc) is 1.59. The van der Waals surface area contributed by atoms with Crippen LogP contribution in [0.2, 0.25) is 0 Å². The first kappa shape index (κ1) is 8.26. The monoisotopic (exact) mass is 160 g/mol. The Balaban J connectivity index is 3.42. The second-order valence-electron chi connectivity index (χ2n) is 0.814. The molecule has 50 valence electrons. The SMILES string of the molecule is O=S(=O)(O)OPCO. The van der Waals surface area contributed by atoms with Gasteiger partial charge in [-0.25, -0.2) is 3.97 Å². The molecule has 0 saturated carbocycles. The largest absolute Gasteiger partial charge is 0.400 e. The molecule has 1 unspecified atom stereocenters. The summed E-state index contributed by atoms with van der Waals surface area (Å²) in [5.41, 5.74) is 0. The summed E-state index contributed by atoms with van der Waals surface area (Å²) in [6.45, 7) is 0. The quantitative estimate of drug-likeness (QED) is 0.423. The lowest BCUT2D eigenvalue weighted by atomic mass is 11.7. The summed E-state index contributed by atoms with van der Waals surface area (Å²) in [5, 5.41) is 7.94. The lowest BCUT2D eigenvalue weighted by molar-refractivity contribution is 0.353. The molecule has 8 heavy (non-hydrogen) atoms. The summed E-state index contributed by atoms with van der Waals surface area (Å²) in [6, 6.07) is 0. The third kappa shape index (κ3) is 6.26. The molecule has 0 aromatic carbocycles. The van der Waals surface area contributed by atoms with Crippen LogP contribution in [0.4, 0.5) is 0 Å². The van der Waals surface area contributed by atoms with E-state index in [-0.39, 0.29) is 0 Å². The maximum absolute atomic E-state index is 9.62. The van der Waals surface area contributed by atoms with Crippen molar-refractivity contribution in [2.24, 2.45) is 0 Å². The molecule has 7 heteroatoms. The van der Waals surface area contributed by atoms with Crippen LogP contribution in [-0.4, -0.2) is 24.4 Å². The molecule has 0 saturated heterocycles. The zero-order chi connectivity index (χ0) is 6.62. The summed E-state index contributed by atoms with van der Waals surface area (Å²) >= 11 is 0. The molecule has 2 N–H and O–H groups in total. The van der Waals surface area contributed by atoms with Gasteiger partial charge in [0.05, 0.1) is 15.2 Å². The Hall–Kier alpha value is 0.260. The first-order chi connectivity index (χ1) is 3.56. The van der Waals surface area contributed by atoms with Crippen molar-refractivity contribution in [3.63, 3.8) is 0 Å². The van der Waals surface area contributed by atoms with E-state index in [1.54, 1.807) is 0 Å². The van der Waals surface area contributed by atoms with Crippen molar-refractivity contribution in [3.05, 3.63) is 0 Å². The first-order valence-electron chi connectivity index (χ1n) is 1.56. The van der Waals surface area contributed by atoms with Crippen molar-refractivity contribution in [1.82, 2.24) is 0 Å². The van der Waals surface area contributed by atoms with Gasteiger partial charge in [-0.05, 0) is 0 Å². The van der Waals surface area contributed by atoms with Crippen molar-refractivity contribution < 1.29 is 22.0 Å². The number of rotatable bonds is 3. The molecule has 0 heterocycles. The van der Waals surface area contributed by atoms with Gasteiger partial charge >= 0.3 is 10.4 Å². The third-order valence-electron chi connectivity index (χ3n) is 0.229. The van der Waals surface area contributed by atoms with Crippen LogP contribution in [-0.2, 0) is 14.4 Å². The van der Waals surface area contributed by atoms with Crippen molar-refractivity contribution in [1.29, 1.82) is 0 Å². The van der Waals surface area contributed by atoms with E-state index in [1.165, 1.54) is 0 Å². The first-order valence-corrected chi connectivity index (χ1v) is 4.04. The van der Waals surface area contributed by atoms with Gasteiger partial charge < -0.3 is 5.11 Å². The Kier molecular flexibility index (Phi) is 3.43. The highest BCUT2D eigenvalue weighted by molar-refractivity contribution is 7.84. The molecule has 0 rings (SSSR count). The van der Waals surface area contributed by atoms with E-state index >= 15 is 0 Å². The summed E-state index contributed by atoms with van der Waals surface area (Å²) < 4.78 is 30.7. The van der Waals surface area contributed by atoms with Gasteiger partial charge in [0.2, 0.25) is 0 Å². The second-order valence-corrected chi connectivity index (χ2v) is 2.94. The Bertz CT molecular complexity index is 137. The molecule has 0 bridgehead atoms. The summed E-state index contributed by atoms with van der Waals surface area (Å²) in [7, 11) is -4.95. The van der Waals surface area contributed by atoms with Gasteiger partial charge in [-0.3, -0.25) is 4.55 Å². The van der Waals surface area contributed by atoms with Crippen molar-refractivity contribution in [3.8, 4) is 0 Å². The lowest BCUT2D eigenvalue weighted by Crippen LogP contribution is -1.95. The lowest BCUT2D eigenvalue weighted by Gasteiger charge is -1.91. The molecule has 0 fully saturated rings. The zero-order valence-corrected chi connectivity index (χ0v) is 5.55. The fraction of sp³-hybridized carbons (Fsp3) is 1.00. The summed E-state index contributed by atoms with van der Waals surface area (Å²) in [4.78, 5) is 0. The molecule has 0 aliphatic rings. The van der Waals surface area contributed by atoms with Crippen LogP contribution in [0.25, 0.3) is 0 Å². The normalized spacial score (nSPS) is 13.2. The van der Waals surface area contributed by atoms with E-state index in [4.69, 9.17) is 9.66 Å². The van der Waals surface area contributed by atoms with Crippen LogP contribution in [0, 0.1) is 0 Å². The molecule has 0 spiro atoms. The van der Waals surface area contributed by atoms with E-state index in [1.807, 2.05) is 0 Å². The minimum absolute atomic E-state index is 0.403. The molecule has 0 aliphatic heterocycles. The van der Waals surface area contributed by atoms with E-state index in [0.717, 1.165) is 0 Å². The number of aliphatic hydroxyl groups is 1. The molecule has 5 nitrogen and oxygen atoms in total. The van der Waals surface area contributed by atoms with E-state index < -0.39 is 25.6 Å². The van der Waals surface area contributed by atoms with Gasteiger partial charge in [-0.1, -0.05) is 0 Å². The Labute approximate surface area is 48.5 Å². The van der Waals surface area contributed by atoms with Gasteiger partial charge in [0, 0.05) is 0 Å². The van der Waals surface area contributed by atoms with Crippen LogP contribution in [0.3, 0.4) is 0 Å². The van der Waals surface area contributed by atoms with Crippen LogP contribution in [0.5, 0.6) is 0 Å². The standard InChI is InChI=1S/CH5O5PS/c2-1-7-6-8(3,4)5/h2,7H,1H2,(H,3,4,5). The van der Waals surface area contributed by atoms with E-state index in [2.05, 4.69) is 3.97 Å². The van der Waals surface area contributed by atoms with Crippen molar-refractivity contribution in [2.75, 3.05) is 6.35 Å². The maximum atomic E-state index is 9.62. The topological polar surface area (TPSA) is 83.8 Å². The van der Waals surface area contributed by atoms with Gasteiger partial charge in [-0.2, -0.15) is 8.42 Å². The Morgan fingerprint density at radius 1 is 1.62 bits per heavy atom. The highest BCUT2D eigenvalue weighted by atomic mass is 32.3. The molecule has 0 aromatic rings. The Morgan fingerprint density at radius 3 is 2.25 bits per heavy atom. The highest BCUT2D eigenvalue weighted by Crippen LogP contribution is 2.11. The van der Waals surface area contributed by atoms with Gasteiger partial charge in [0.1, 0.15) is 0 Å². The number of aliphatic hydroxyl groups excluding tert-OH is 1. The summed E-state index contributed by atoms with van der Waals surface area (Å²) in [5.74, 6) is 0. The molecular formula is CH5O5PS. The minimum Gasteiger partial charge on any atom is -0.390 e. The van der Waals surface area contributed by atoms with Gasteiger partial charge in [0.15, 0.2) is 0 Å². The summed E-state index contributed by atoms with van der Waals surface area (Å²) in [6.07, 6.45) is -0.403. The molecule has 0 radical (unpaired) electrons. The maximum Gasteiger partial charge on any atom is 0.400 e. The highest BCUT2D eigenvalue weighted by Gasteiger charge is 2.00. The predicted octanol–water partition coefficient (Wildman–Crippen LogP) is -0.651. The number of hydrogen-bond donors (Lipinski definition) is 2. The number of hydrogen-bond acceptors (Lipinski definition) is 4. The van der Waals surface area contributed by atoms with Gasteiger partial charge in [-0.15, -0.1) is 0 Å². The van der Waals surface area contributed by atoms with Gasteiger partial charge in [0.25, 0.3) is 0 Å². The Morgan fingerprint density at radius 2 is 2.12 bits per heavy atom. The third-order valence-corrected chi connectivity index (χ3v) is 1.67. The molecule has 1 atom stereocenters. The van der Waals surface area contributed by atoms with Crippen LogP contribution >= 0.6 is 8.81 Å². The molecule has 0 aromatic heterocycles. The van der Waals surface area contributed by atoms with Crippen LogP contribution in [0.1, 0.15) is 0 Å². The van der Waals surface area contributed by atoms with Crippen molar-refractivity contribution in [2.45, 2.75) is 0 Å². The minimum atomic E-state index is -4.33. The fourth-order valence-electron chi connectivity index (χ4n) is 0.101. The van der Waals surface area contributed by atoms with Crippen LogP contribution in [0.15, 0.2) is 0 Å². The molecule has 0 amide bonds. The zero-order valence-electron chi connectivity index (χ0n) is 3.73.